The normalized spacial score (nSPS) is 10.3. The minimum atomic E-state index is -0.536. The molecule has 1 aromatic carbocycles. The SMILES string of the molecule is O=[N+]([O-])c1cnc(Cl)cc1NCc1cc(Cl)ccc1Cl. The molecule has 0 radical (unpaired) electrons. The number of hydrogen-bond acceptors (Lipinski definition) is 4. The summed E-state index contributed by atoms with van der Waals surface area (Å²) in [6.45, 7) is 0.278. The lowest BCUT2D eigenvalue weighted by atomic mass is 10.2. The van der Waals surface area contributed by atoms with E-state index in [4.69, 9.17) is 34.8 Å². The van der Waals surface area contributed by atoms with Crippen molar-refractivity contribution in [3.8, 4) is 0 Å². The van der Waals surface area contributed by atoms with Gasteiger partial charge >= 0.3 is 5.69 Å². The van der Waals surface area contributed by atoms with E-state index in [1.54, 1.807) is 18.2 Å². The molecule has 0 bridgehead atoms. The van der Waals surface area contributed by atoms with E-state index in [9.17, 15) is 10.1 Å². The summed E-state index contributed by atoms with van der Waals surface area (Å²) in [5.41, 5.74) is 0.833. The lowest BCUT2D eigenvalue weighted by Gasteiger charge is -2.09. The fourth-order valence-electron chi connectivity index (χ4n) is 1.58. The lowest BCUT2D eigenvalue weighted by Crippen LogP contribution is -2.03. The summed E-state index contributed by atoms with van der Waals surface area (Å²) in [5.74, 6) is 0. The highest BCUT2D eigenvalue weighted by Crippen LogP contribution is 2.27. The van der Waals surface area contributed by atoms with E-state index in [1.165, 1.54) is 6.07 Å². The molecule has 5 nitrogen and oxygen atoms in total. The molecule has 2 rings (SSSR count). The average molecular weight is 333 g/mol. The maximum Gasteiger partial charge on any atom is 0.310 e. The second-order valence-electron chi connectivity index (χ2n) is 3.87. The third-order valence-electron chi connectivity index (χ3n) is 2.52. The largest absolute Gasteiger partial charge is 0.375 e. The quantitative estimate of drug-likeness (QED) is 0.506. The second-order valence-corrected chi connectivity index (χ2v) is 5.10. The van der Waals surface area contributed by atoms with Crippen molar-refractivity contribution in [3.05, 3.63) is 61.3 Å². The van der Waals surface area contributed by atoms with Gasteiger partial charge in [-0.15, -0.1) is 0 Å². The highest BCUT2D eigenvalue weighted by Gasteiger charge is 2.15. The predicted molar refractivity (Wildman–Crippen MR) is 79.7 cm³/mol. The van der Waals surface area contributed by atoms with Crippen LogP contribution >= 0.6 is 34.8 Å². The van der Waals surface area contributed by atoms with Crippen LogP contribution in [0.25, 0.3) is 0 Å². The van der Waals surface area contributed by atoms with Gasteiger partial charge < -0.3 is 5.32 Å². The topological polar surface area (TPSA) is 68.1 Å². The van der Waals surface area contributed by atoms with Crippen molar-refractivity contribution in [2.75, 3.05) is 5.32 Å². The molecule has 0 atom stereocenters. The number of aromatic nitrogens is 1. The van der Waals surface area contributed by atoms with Gasteiger partial charge in [-0.1, -0.05) is 34.8 Å². The minimum Gasteiger partial charge on any atom is -0.375 e. The van der Waals surface area contributed by atoms with Crippen molar-refractivity contribution in [2.24, 2.45) is 0 Å². The zero-order valence-corrected chi connectivity index (χ0v) is 12.2. The van der Waals surface area contributed by atoms with Crippen LogP contribution in [0.3, 0.4) is 0 Å². The average Bonchev–Trinajstić information content (AvgIpc) is 2.39. The number of nitrogens with one attached hydrogen (secondary N) is 1. The number of hydrogen-bond donors (Lipinski definition) is 1. The summed E-state index contributed by atoms with van der Waals surface area (Å²) in [7, 11) is 0. The van der Waals surface area contributed by atoms with Crippen LogP contribution in [0.15, 0.2) is 30.5 Å². The Balaban J connectivity index is 2.24. The molecular formula is C12H8Cl3N3O2. The Bertz CT molecular complexity index is 664. The predicted octanol–water partition coefficient (Wildman–Crippen LogP) is 4.56. The van der Waals surface area contributed by atoms with Gasteiger partial charge in [0.15, 0.2) is 0 Å². The van der Waals surface area contributed by atoms with Crippen molar-refractivity contribution < 1.29 is 4.92 Å². The molecule has 0 aliphatic heterocycles. The zero-order chi connectivity index (χ0) is 14.7. The molecule has 1 aromatic heterocycles. The van der Waals surface area contributed by atoms with Crippen LogP contribution < -0.4 is 5.32 Å². The molecule has 0 aliphatic carbocycles. The number of benzene rings is 1. The van der Waals surface area contributed by atoms with Crippen molar-refractivity contribution in [3.63, 3.8) is 0 Å². The van der Waals surface area contributed by atoms with Crippen molar-refractivity contribution in [1.82, 2.24) is 4.98 Å². The Kier molecular flexibility index (Phi) is 4.65. The van der Waals surface area contributed by atoms with E-state index < -0.39 is 4.92 Å². The molecule has 104 valence electrons. The maximum absolute atomic E-state index is 10.9. The molecule has 0 saturated carbocycles. The number of rotatable bonds is 4. The van der Waals surface area contributed by atoms with E-state index in [0.29, 0.717) is 10.0 Å². The van der Waals surface area contributed by atoms with Crippen LogP contribution in [-0.4, -0.2) is 9.91 Å². The number of halogens is 3. The Morgan fingerprint density at radius 1 is 1.25 bits per heavy atom. The standard InChI is InChI=1S/C12H8Cl3N3O2/c13-8-1-2-9(14)7(3-8)5-16-10-4-12(15)17-6-11(10)18(19)20/h1-4,6H,5H2,(H,16,17). The Hall–Kier alpha value is -1.56. The molecule has 0 fully saturated rings. The highest BCUT2D eigenvalue weighted by molar-refractivity contribution is 6.33. The third kappa shape index (κ3) is 3.50. The fraction of sp³-hybridized carbons (Fsp3) is 0.0833. The Morgan fingerprint density at radius 3 is 2.70 bits per heavy atom. The molecule has 0 unspecified atom stereocenters. The number of pyridine rings is 1. The van der Waals surface area contributed by atoms with Crippen LogP contribution in [0.4, 0.5) is 11.4 Å². The summed E-state index contributed by atoms with van der Waals surface area (Å²) < 4.78 is 0. The first-order chi connectivity index (χ1) is 9.47. The van der Waals surface area contributed by atoms with E-state index in [1.807, 2.05) is 0 Å². The van der Waals surface area contributed by atoms with E-state index >= 15 is 0 Å². The lowest BCUT2D eigenvalue weighted by molar-refractivity contribution is -0.384. The molecule has 20 heavy (non-hydrogen) atoms. The molecule has 0 spiro atoms. The summed E-state index contributed by atoms with van der Waals surface area (Å²) in [6.07, 6.45) is 1.10. The first kappa shape index (κ1) is 14.8. The van der Waals surface area contributed by atoms with Gasteiger partial charge in [0.05, 0.1) is 4.92 Å². The Labute approximate surface area is 129 Å². The van der Waals surface area contributed by atoms with Crippen LogP contribution in [0.1, 0.15) is 5.56 Å². The van der Waals surface area contributed by atoms with Crippen molar-refractivity contribution in [1.29, 1.82) is 0 Å². The second kappa shape index (κ2) is 6.26. The number of anilines is 1. The van der Waals surface area contributed by atoms with E-state index in [-0.39, 0.29) is 23.1 Å². The summed E-state index contributed by atoms with van der Waals surface area (Å²) in [6, 6.07) is 6.40. The van der Waals surface area contributed by atoms with Crippen LogP contribution in [0.2, 0.25) is 15.2 Å². The van der Waals surface area contributed by atoms with E-state index in [2.05, 4.69) is 10.3 Å². The van der Waals surface area contributed by atoms with Gasteiger partial charge in [0, 0.05) is 22.7 Å². The summed E-state index contributed by atoms with van der Waals surface area (Å²) >= 11 is 17.6. The third-order valence-corrected chi connectivity index (χ3v) is 3.33. The van der Waals surface area contributed by atoms with Gasteiger partial charge in [0.2, 0.25) is 0 Å². The first-order valence-electron chi connectivity index (χ1n) is 5.45. The van der Waals surface area contributed by atoms with Gasteiger partial charge in [0.1, 0.15) is 17.0 Å². The molecule has 1 N–H and O–H groups in total. The molecule has 8 heteroatoms. The molecule has 0 aliphatic rings. The van der Waals surface area contributed by atoms with Gasteiger partial charge in [-0.2, -0.15) is 0 Å². The van der Waals surface area contributed by atoms with Crippen molar-refractivity contribution >= 4 is 46.2 Å². The molecule has 0 amide bonds. The number of nitro groups is 1. The van der Waals surface area contributed by atoms with Gasteiger partial charge in [-0.05, 0) is 23.8 Å². The van der Waals surface area contributed by atoms with Crippen molar-refractivity contribution in [2.45, 2.75) is 6.54 Å². The molecule has 2 aromatic rings. The fourth-order valence-corrected chi connectivity index (χ4v) is 2.12. The van der Waals surface area contributed by atoms with Gasteiger partial charge in [-0.25, -0.2) is 4.98 Å². The zero-order valence-electron chi connectivity index (χ0n) is 9.94. The van der Waals surface area contributed by atoms with Crippen LogP contribution in [-0.2, 0) is 6.54 Å². The summed E-state index contributed by atoms with van der Waals surface area (Å²) in [5, 5.41) is 15.0. The minimum absolute atomic E-state index is 0.160. The first-order valence-corrected chi connectivity index (χ1v) is 6.58. The van der Waals surface area contributed by atoms with Crippen LogP contribution in [0.5, 0.6) is 0 Å². The maximum atomic E-state index is 10.9. The number of nitrogens with zero attached hydrogens (tertiary/aromatic N) is 2. The Morgan fingerprint density at radius 2 is 2.00 bits per heavy atom. The van der Waals surface area contributed by atoms with Gasteiger partial charge in [0.25, 0.3) is 0 Å². The van der Waals surface area contributed by atoms with E-state index in [0.717, 1.165) is 11.8 Å². The molecular weight excluding hydrogens is 325 g/mol. The van der Waals surface area contributed by atoms with Gasteiger partial charge in [-0.3, -0.25) is 10.1 Å². The summed E-state index contributed by atoms with van der Waals surface area (Å²) in [4.78, 5) is 14.0. The molecule has 0 saturated heterocycles. The molecule has 1 heterocycles. The highest BCUT2D eigenvalue weighted by atomic mass is 35.5. The smallest absolute Gasteiger partial charge is 0.310 e. The monoisotopic (exact) mass is 331 g/mol. The van der Waals surface area contributed by atoms with Crippen LogP contribution in [0, 0.1) is 10.1 Å².